The van der Waals surface area contributed by atoms with Gasteiger partial charge >= 0.3 is 0 Å². The van der Waals surface area contributed by atoms with Gasteiger partial charge in [-0.15, -0.1) is 0 Å². The van der Waals surface area contributed by atoms with Crippen LogP contribution in [-0.4, -0.2) is 28.8 Å². The van der Waals surface area contributed by atoms with Crippen LogP contribution in [0.15, 0.2) is 17.1 Å². The molecule has 0 bridgehead atoms. The molecule has 2 rings (SSSR count). The molecule has 1 saturated carbocycles. The Morgan fingerprint density at radius 2 is 2.35 bits per heavy atom. The Kier molecular flexibility index (Phi) is 3.41. The van der Waals surface area contributed by atoms with Gasteiger partial charge in [0.25, 0.3) is 5.56 Å². The van der Waals surface area contributed by atoms with Crippen LogP contribution in [0.5, 0.6) is 0 Å². The maximum absolute atomic E-state index is 11.7. The molecule has 1 aliphatic carbocycles. The average Bonchev–Trinajstić information content (AvgIpc) is 2.27. The van der Waals surface area contributed by atoms with Crippen molar-refractivity contribution in [3.8, 4) is 0 Å². The molecular weight excluding hydrogens is 220 g/mol. The van der Waals surface area contributed by atoms with E-state index in [1.54, 1.807) is 6.20 Å². The predicted molar refractivity (Wildman–Crippen MR) is 63.8 cm³/mol. The Morgan fingerprint density at radius 3 is 2.88 bits per heavy atom. The van der Waals surface area contributed by atoms with E-state index in [1.807, 2.05) is 0 Å². The van der Waals surface area contributed by atoms with Gasteiger partial charge in [0.1, 0.15) is 6.54 Å². The second-order valence-electron chi connectivity index (χ2n) is 4.19. The summed E-state index contributed by atoms with van der Waals surface area (Å²) in [5.41, 5.74) is 0.464. The molecule has 92 valence electrons. The molecular formula is C11H16N4O2. The lowest BCUT2D eigenvalue weighted by molar-refractivity contribution is -0.121. The minimum atomic E-state index is -0.266. The lowest BCUT2D eigenvalue weighted by Gasteiger charge is -2.27. The van der Waals surface area contributed by atoms with E-state index < -0.39 is 0 Å². The highest BCUT2D eigenvalue weighted by molar-refractivity contribution is 5.75. The Hall–Kier alpha value is -1.85. The fourth-order valence-electron chi connectivity index (χ4n) is 1.63. The molecule has 0 aromatic carbocycles. The quantitative estimate of drug-likeness (QED) is 0.768. The van der Waals surface area contributed by atoms with Crippen molar-refractivity contribution >= 4 is 11.6 Å². The fourth-order valence-corrected chi connectivity index (χ4v) is 1.63. The van der Waals surface area contributed by atoms with Crippen LogP contribution in [0.25, 0.3) is 0 Å². The molecule has 1 fully saturated rings. The number of nitrogens with one attached hydrogen (secondary N) is 2. The number of likely N-dealkylation sites (N-methyl/N-ethyl adjacent to an activating group) is 1. The van der Waals surface area contributed by atoms with E-state index in [4.69, 9.17) is 0 Å². The summed E-state index contributed by atoms with van der Waals surface area (Å²) in [4.78, 5) is 22.8. The summed E-state index contributed by atoms with van der Waals surface area (Å²) < 4.78 is 1.14. The molecule has 0 spiro atoms. The van der Waals surface area contributed by atoms with Crippen LogP contribution in [0.3, 0.4) is 0 Å². The molecule has 0 unspecified atom stereocenters. The summed E-state index contributed by atoms with van der Waals surface area (Å²) in [5, 5.41) is 9.65. The summed E-state index contributed by atoms with van der Waals surface area (Å²) in [6, 6.07) is 1.94. The van der Waals surface area contributed by atoms with E-state index >= 15 is 0 Å². The van der Waals surface area contributed by atoms with Gasteiger partial charge in [0, 0.05) is 19.2 Å². The molecule has 1 aromatic heterocycles. The Bertz CT molecular complexity index is 465. The molecule has 6 heteroatoms. The smallest absolute Gasteiger partial charge is 0.269 e. The number of rotatable bonds is 4. The number of carbonyl (C=O) groups is 1. The van der Waals surface area contributed by atoms with Crippen molar-refractivity contribution in [2.75, 3.05) is 12.4 Å². The molecule has 0 atom stereocenters. The van der Waals surface area contributed by atoms with E-state index in [-0.39, 0.29) is 18.0 Å². The number of anilines is 1. The zero-order valence-electron chi connectivity index (χ0n) is 9.77. The van der Waals surface area contributed by atoms with Crippen LogP contribution >= 0.6 is 0 Å². The van der Waals surface area contributed by atoms with Gasteiger partial charge in [-0.25, -0.2) is 4.68 Å². The minimum Gasteiger partial charge on any atom is -0.381 e. The zero-order chi connectivity index (χ0) is 12.3. The first-order chi connectivity index (χ1) is 8.19. The SMILES string of the molecule is CNC(=O)Cn1ncc(NC2CCC2)cc1=O. The highest BCUT2D eigenvalue weighted by Crippen LogP contribution is 2.21. The molecule has 1 heterocycles. The fraction of sp³-hybridized carbons (Fsp3) is 0.545. The highest BCUT2D eigenvalue weighted by atomic mass is 16.2. The normalized spacial score (nSPS) is 15.1. The number of carbonyl (C=O) groups excluding carboxylic acids is 1. The largest absolute Gasteiger partial charge is 0.381 e. The van der Waals surface area contributed by atoms with E-state index in [1.165, 1.54) is 19.5 Å². The van der Waals surface area contributed by atoms with Crippen LogP contribution in [0, 0.1) is 0 Å². The summed E-state index contributed by atoms with van der Waals surface area (Å²) in [5.74, 6) is -0.237. The van der Waals surface area contributed by atoms with Gasteiger partial charge in [-0.05, 0) is 19.3 Å². The van der Waals surface area contributed by atoms with Crippen molar-refractivity contribution in [2.45, 2.75) is 31.8 Å². The highest BCUT2D eigenvalue weighted by Gasteiger charge is 2.17. The third kappa shape index (κ3) is 2.83. The van der Waals surface area contributed by atoms with Gasteiger partial charge in [-0.2, -0.15) is 5.10 Å². The molecule has 6 nitrogen and oxygen atoms in total. The van der Waals surface area contributed by atoms with Gasteiger partial charge in [0.2, 0.25) is 5.91 Å². The van der Waals surface area contributed by atoms with Gasteiger partial charge < -0.3 is 10.6 Å². The second-order valence-corrected chi connectivity index (χ2v) is 4.19. The summed E-state index contributed by atoms with van der Waals surface area (Å²) in [6.45, 7) is -0.0426. The second kappa shape index (κ2) is 4.99. The van der Waals surface area contributed by atoms with Crippen LogP contribution in [-0.2, 0) is 11.3 Å². The summed E-state index contributed by atoms with van der Waals surface area (Å²) >= 11 is 0. The molecule has 0 radical (unpaired) electrons. The summed E-state index contributed by atoms with van der Waals surface area (Å²) in [6.07, 6.45) is 5.10. The summed E-state index contributed by atoms with van der Waals surface area (Å²) in [7, 11) is 1.53. The molecule has 1 aliphatic rings. The van der Waals surface area contributed by atoms with Crippen LogP contribution in [0.2, 0.25) is 0 Å². The topological polar surface area (TPSA) is 76.0 Å². The number of aromatic nitrogens is 2. The first-order valence-corrected chi connectivity index (χ1v) is 5.73. The van der Waals surface area contributed by atoms with Gasteiger partial charge in [0.05, 0.1) is 11.9 Å². The minimum absolute atomic E-state index is 0.0426. The predicted octanol–water partition coefficient (Wildman–Crippen LogP) is -0.0463. The Balaban J connectivity index is 2.05. The maximum atomic E-state index is 11.7. The van der Waals surface area contributed by atoms with E-state index in [0.29, 0.717) is 6.04 Å². The number of hydrogen-bond donors (Lipinski definition) is 2. The maximum Gasteiger partial charge on any atom is 0.269 e. The van der Waals surface area contributed by atoms with Crippen molar-refractivity contribution in [1.82, 2.24) is 15.1 Å². The first-order valence-electron chi connectivity index (χ1n) is 5.73. The van der Waals surface area contributed by atoms with Gasteiger partial charge in [0.15, 0.2) is 0 Å². The van der Waals surface area contributed by atoms with E-state index in [9.17, 15) is 9.59 Å². The molecule has 0 aliphatic heterocycles. The molecule has 0 saturated heterocycles. The lowest BCUT2D eigenvalue weighted by atomic mass is 9.93. The van der Waals surface area contributed by atoms with Crippen molar-refractivity contribution in [3.05, 3.63) is 22.6 Å². The zero-order valence-corrected chi connectivity index (χ0v) is 9.77. The van der Waals surface area contributed by atoms with Crippen molar-refractivity contribution in [1.29, 1.82) is 0 Å². The van der Waals surface area contributed by atoms with E-state index in [2.05, 4.69) is 15.7 Å². The first kappa shape index (κ1) is 11.6. The van der Waals surface area contributed by atoms with Gasteiger partial charge in [-0.3, -0.25) is 9.59 Å². The third-order valence-corrected chi connectivity index (χ3v) is 2.92. The molecule has 1 aromatic rings. The Labute approximate surface area is 99.0 Å². The monoisotopic (exact) mass is 236 g/mol. The van der Waals surface area contributed by atoms with E-state index in [0.717, 1.165) is 23.2 Å². The molecule has 2 N–H and O–H groups in total. The Morgan fingerprint density at radius 1 is 1.59 bits per heavy atom. The van der Waals surface area contributed by atoms with Crippen LogP contribution in [0.1, 0.15) is 19.3 Å². The third-order valence-electron chi connectivity index (χ3n) is 2.92. The molecule has 1 amide bonds. The number of hydrogen-bond acceptors (Lipinski definition) is 4. The van der Waals surface area contributed by atoms with Crippen molar-refractivity contribution in [3.63, 3.8) is 0 Å². The van der Waals surface area contributed by atoms with Crippen molar-refractivity contribution < 1.29 is 4.79 Å². The van der Waals surface area contributed by atoms with Crippen LogP contribution < -0.4 is 16.2 Å². The van der Waals surface area contributed by atoms with Crippen molar-refractivity contribution in [2.24, 2.45) is 0 Å². The number of nitrogens with zero attached hydrogens (tertiary/aromatic N) is 2. The lowest BCUT2D eigenvalue weighted by Crippen LogP contribution is -2.32. The standard InChI is InChI=1S/C11H16N4O2/c1-12-10(16)7-15-11(17)5-9(6-13-15)14-8-3-2-4-8/h5-6,8,14H,2-4,7H2,1H3,(H,12,16). The number of amides is 1. The van der Waals surface area contributed by atoms with Crippen LogP contribution in [0.4, 0.5) is 5.69 Å². The van der Waals surface area contributed by atoms with Gasteiger partial charge in [-0.1, -0.05) is 0 Å². The molecule has 17 heavy (non-hydrogen) atoms. The average molecular weight is 236 g/mol.